The Kier molecular flexibility index (Phi) is 17.5. The van der Waals surface area contributed by atoms with Gasteiger partial charge in [-0.15, -0.1) is 0 Å². The van der Waals surface area contributed by atoms with Gasteiger partial charge in [0.25, 0.3) is 0 Å². The van der Waals surface area contributed by atoms with Crippen molar-refractivity contribution in [3.63, 3.8) is 0 Å². The zero-order chi connectivity index (χ0) is 23.0. The van der Waals surface area contributed by atoms with Crippen LogP contribution in [0.2, 0.25) is 0 Å². The maximum Gasteiger partial charge on any atom is 0.331 e. The highest BCUT2D eigenvalue weighted by atomic mass is 16.4. The number of unbranched alkanes of at least 4 members (excludes halogenated alkanes) is 4. The van der Waals surface area contributed by atoms with Crippen LogP contribution in [0.5, 0.6) is 0 Å². The first kappa shape index (κ1) is 29.5. The van der Waals surface area contributed by atoms with Gasteiger partial charge in [-0.3, -0.25) is 0 Å². The van der Waals surface area contributed by atoms with Crippen molar-refractivity contribution < 1.29 is 30.0 Å². The summed E-state index contributed by atoms with van der Waals surface area (Å²) in [5.41, 5.74) is 0.438. The van der Waals surface area contributed by atoms with Crippen LogP contribution >= 0.6 is 0 Å². The van der Waals surface area contributed by atoms with Crippen molar-refractivity contribution in [2.24, 2.45) is 11.8 Å². The molecule has 0 aliphatic heterocycles. The van der Waals surface area contributed by atoms with E-state index in [-0.39, 0.29) is 17.4 Å². The minimum Gasteiger partial charge on any atom is -0.478 e. The molecule has 170 valence electrons. The van der Waals surface area contributed by atoms with Gasteiger partial charge in [-0.1, -0.05) is 65.0 Å². The van der Waals surface area contributed by atoms with Crippen LogP contribution in [0.15, 0.2) is 23.8 Å². The second kappa shape index (κ2) is 17.2. The van der Waals surface area contributed by atoms with E-state index in [1.54, 1.807) is 26.8 Å². The lowest BCUT2D eigenvalue weighted by Crippen LogP contribution is -2.22. The summed E-state index contributed by atoms with van der Waals surface area (Å²) in [7, 11) is 0. The Morgan fingerprint density at radius 2 is 1.34 bits per heavy atom. The van der Waals surface area contributed by atoms with Gasteiger partial charge in [0.1, 0.15) is 0 Å². The lowest BCUT2D eigenvalue weighted by molar-refractivity contribution is -0.134. The first-order valence-electron chi connectivity index (χ1n) is 10.7. The number of hydrogen-bond donors (Lipinski definition) is 4. The highest BCUT2D eigenvalue weighted by molar-refractivity contribution is 5.86. The van der Waals surface area contributed by atoms with Crippen molar-refractivity contribution in [1.82, 2.24) is 0 Å². The van der Waals surface area contributed by atoms with E-state index in [9.17, 15) is 19.8 Å². The molecule has 6 nitrogen and oxygen atoms in total. The topological polar surface area (TPSA) is 115 Å². The lowest BCUT2D eigenvalue weighted by atomic mass is 9.89. The van der Waals surface area contributed by atoms with E-state index in [0.717, 1.165) is 44.9 Å². The zero-order valence-electron chi connectivity index (χ0n) is 18.9. The summed E-state index contributed by atoms with van der Waals surface area (Å²) < 4.78 is 0. The van der Waals surface area contributed by atoms with Crippen LogP contribution in [-0.4, -0.2) is 44.6 Å². The van der Waals surface area contributed by atoms with E-state index in [1.807, 2.05) is 0 Å². The largest absolute Gasteiger partial charge is 0.478 e. The van der Waals surface area contributed by atoms with Crippen molar-refractivity contribution in [3.8, 4) is 0 Å². The number of aliphatic carboxylic acids is 2. The second-order valence-electron chi connectivity index (χ2n) is 7.73. The number of carbonyl (C=O) groups is 2. The predicted octanol–water partition coefficient (Wildman–Crippen LogP) is 4.80. The Balaban J connectivity index is 0. The molecule has 4 atom stereocenters. The molecule has 0 aliphatic carbocycles. The Morgan fingerprint density at radius 1 is 0.862 bits per heavy atom. The normalized spacial score (nSPS) is 15.5. The Labute approximate surface area is 176 Å². The number of aliphatic hydroxyl groups is 2. The van der Waals surface area contributed by atoms with Crippen molar-refractivity contribution in [1.29, 1.82) is 0 Å². The van der Waals surface area contributed by atoms with Crippen LogP contribution in [-0.2, 0) is 9.59 Å². The van der Waals surface area contributed by atoms with Crippen molar-refractivity contribution in [3.05, 3.63) is 23.8 Å². The van der Waals surface area contributed by atoms with E-state index in [4.69, 9.17) is 10.2 Å². The van der Waals surface area contributed by atoms with Gasteiger partial charge < -0.3 is 20.4 Å². The van der Waals surface area contributed by atoms with E-state index < -0.39 is 24.1 Å². The number of carboxylic acids is 2. The molecule has 0 amide bonds. The molecule has 4 unspecified atom stereocenters. The monoisotopic (exact) mass is 414 g/mol. The molecule has 0 aliphatic rings. The van der Waals surface area contributed by atoms with Gasteiger partial charge in [-0.05, 0) is 33.6 Å². The fraction of sp³-hybridized carbons (Fsp3) is 0.739. The van der Waals surface area contributed by atoms with Gasteiger partial charge >= 0.3 is 11.9 Å². The molecule has 0 bridgehead atoms. The summed E-state index contributed by atoms with van der Waals surface area (Å²) in [6, 6.07) is 0. The third-order valence-corrected chi connectivity index (χ3v) is 4.99. The smallest absolute Gasteiger partial charge is 0.331 e. The second-order valence-corrected chi connectivity index (χ2v) is 7.73. The predicted molar refractivity (Wildman–Crippen MR) is 117 cm³/mol. The Morgan fingerprint density at radius 3 is 1.69 bits per heavy atom. The summed E-state index contributed by atoms with van der Waals surface area (Å²) in [4.78, 5) is 21.3. The van der Waals surface area contributed by atoms with Gasteiger partial charge in [0, 0.05) is 23.0 Å². The molecule has 0 heterocycles. The Bertz CT molecular complexity index is 507. The quantitative estimate of drug-likeness (QED) is 0.240. The summed E-state index contributed by atoms with van der Waals surface area (Å²) in [6.45, 7) is 12.6. The Hall–Kier alpha value is -1.66. The summed E-state index contributed by atoms with van der Waals surface area (Å²) in [5.74, 6) is -2.25. The van der Waals surface area contributed by atoms with Crippen molar-refractivity contribution >= 4 is 11.9 Å². The molecule has 0 aromatic carbocycles. The molecule has 0 saturated carbocycles. The van der Waals surface area contributed by atoms with E-state index in [1.165, 1.54) is 0 Å². The van der Waals surface area contributed by atoms with E-state index in [2.05, 4.69) is 20.4 Å². The summed E-state index contributed by atoms with van der Waals surface area (Å²) in [6.07, 6.45) is 8.52. The van der Waals surface area contributed by atoms with Crippen molar-refractivity contribution in [2.45, 2.75) is 98.2 Å². The van der Waals surface area contributed by atoms with Gasteiger partial charge in [0.05, 0.1) is 12.2 Å². The molecule has 29 heavy (non-hydrogen) atoms. The van der Waals surface area contributed by atoms with E-state index >= 15 is 0 Å². The molecular weight excluding hydrogens is 372 g/mol. The third-order valence-electron chi connectivity index (χ3n) is 4.99. The summed E-state index contributed by atoms with van der Waals surface area (Å²) >= 11 is 0. The first-order valence-corrected chi connectivity index (χ1v) is 10.7. The van der Waals surface area contributed by atoms with Crippen LogP contribution in [0.4, 0.5) is 0 Å². The van der Waals surface area contributed by atoms with Gasteiger partial charge in [0.2, 0.25) is 0 Å². The lowest BCUT2D eigenvalue weighted by Gasteiger charge is -2.19. The molecule has 4 N–H and O–H groups in total. The minimum atomic E-state index is -1.01. The van der Waals surface area contributed by atoms with Gasteiger partial charge in [-0.25, -0.2) is 9.59 Å². The number of carboxylic acid groups (broad SMARTS) is 2. The first-order chi connectivity index (χ1) is 13.5. The van der Waals surface area contributed by atoms with Crippen molar-refractivity contribution in [2.75, 3.05) is 0 Å². The zero-order valence-corrected chi connectivity index (χ0v) is 18.9. The molecule has 6 heteroatoms. The van der Waals surface area contributed by atoms with Crippen LogP contribution in [0.1, 0.15) is 86.0 Å². The van der Waals surface area contributed by atoms with Gasteiger partial charge in [-0.2, -0.15) is 0 Å². The maximum absolute atomic E-state index is 10.7. The molecule has 0 aromatic rings. The number of aliphatic hydroxyl groups excluding tert-OH is 2. The minimum absolute atomic E-state index is 0.0346. The molecule has 0 fully saturated rings. The standard InChI is InChI=1S/C12H22O3.C11H20O3/c1-4-5-6-7-11(10(3)13)8-9(2)12(14)15;1-4-5-6-7-10(9(3)12)8(2)11(13)14/h8,10-11,13H,4-7H2,1-3H3,(H,14,15);9-10,12H,2,4-7H2,1,3H3,(H,13,14). The van der Waals surface area contributed by atoms with Crippen LogP contribution in [0.3, 0.4) is 0 Å². The number of rotatable bonds is 14. The number of hydrogen-bond acceptors (Lipinski definition) is 4. The van der Waals surface area contributed by atoms with E-state index in [0.29, 0.717) is 12.0 Å². The van der Waals surface area contributed by atoms with Crippen LogP contribution < -0.4 is 0 Å². The van der Waals surface area contributed by atoms with Crippen LogP contribution in [0.25, 0.3) is 0 Å². The molecule has 0 spiro atoms. The third kappa shape index (κ3) is 14.9. The SMILES string of the molecule is C=C(C(=O)O)C(CCCCC)C(C)O.CCCCCC(C=C(C)C(=O)O)C(C)O. The molecule has 0 radical (unpaired) electrons. The molecule has 0 rings (SSSR count). The summed E-state index contributed by atoms with van der Waals surface area (Å²) in [5, 5.41) is 36.4. The molecular formula is C23H42O6. The highest BCUT2D eigenvalue weighted by Gasteiger charge is 2.22. The molecule has 0 saturated heterocycles. The highest BCUT2D eigenvalue weighted by Crippen LogP contribution is 2.21. The fourth-order valence-corrected chi connectivity index (χ4v) is 2.97. The van der Waals surface area contributed by atoms with Gasteiger partial charge in [0.15, 0.2) is 0 Å². The average molecular weight is 415 g/mol. The average Bonchev–Trinajstić information content (AvgIpc) is 2.63. The fourth-order valence-electron chi connectivity index (χ4n) is 2.97. The molecule has 0 aromatic heterocycles. The maximum atomic E-state index is 10.7. The van der Waals surface area contributed by atoms with Crippen LogP contribution in [0, 0.1) is 11.8 Å².